The van der Waals surface area contributed by atoms with E-state index in [1.165, 1.54) is 83.2 Å². The number of anilines is 3. The molecule has 6 fully saturated rings. The van der Waals surface area contributed by atoms with Gasteiger partial charge in [0.2, 0.25) is 17.7 Å². The number of likely N-dealkylation sites (N-methyl/N-ethyl adjacent to an activating group) is 1. The number of hydrogen-bond acceptors (Lipinski definition) is 21. The number of rotatable bonds is 24. The number of nitrogen functional groups attached to an aromatic ring is 3. The van der Waals surface area contributed by atoms with E-state index in [0.29, 0.717) is 78.7 Å². The summed E-state index contributed by atoms with van der Waals surface area (Å²) in [5.74, 6) is 5.80. The Morgan fingerprint density at radius 1 is 0.390 bits per heavy atom. The number of carbonyl (C=O) groups is 3. The molecule has 0 bridgehead atoms. The number of benzene rings is 6. The summed E-state index contributed by atoms with van der Waals surface area (Å²) in [6.45, 7) is 6.13. The van der Waals surface area contributed by atoms with Crippen molar-refractivity contribution in [3.05, 3.63) is 219 Å². The Morgan fingerprint density at radius 2 is 0.720 bits per heavy atom. The first kappa shape index (κ1) is 79.1. The van der Waals surface area contributed by atoms with Crippen molar-refractivity contribution < 1.29 is 28.6 Å². The Hall–Kier alpha value is -12.7. The van der Waals surface area contributed by atoms with E-state index in [9.17, 15) is 14.4 Å². The summed E-state index contributed by atoms with van der Waals surface area (Å²) in [6.07, 6.45) is 32.4. The van der Waals surface area contributed by atoms with Crippen LogP contribution < -0.4 is 42.0 Å². The van der Waals surface area contributed by atoms with E-state index >= 15 is 0 Å². The molecule has 606 valence electrons. The molecule has 3 aliphatic carbocycles. The summed E-state index contributed by atoms with van der Waals surface area (Å²) in [5.41, 5.74) is 25.9. The highest BCUT2D eigenvalue weighted by Gasteiger charge is 2.34. The van der Waals surface area contributed by atoms with Gasteiger partial charge in [-0.05, 0) is 187 Å². The van der Waals surface area contributed by atoms with Gasteiger partial charge in [-0.1, -0.05) is 98.5 Å². The minimum Gasteiger partial charge on any atom is -0.457 e. The topological polar surface area (TPSA) is 325 Å². The lowest BCUT2D eigenvalue weighted by Crippen LogP contribution is -2.40. The predicted molar refractivity (Wildman–Crippen MR) is 459 cm³/mol. The number of carbonyl (C=O) groups excluding carboxylic acids is 3. The maximum absolute atomic E-state index is 13.1. The molecular weight excluding hydrogens is 1480 g/mol. The molecular formula is C91H101N21O6. The smallest absolute Gasteiger partial charge is 0.246 e. The second-order valence-electron chi connectivity index (χ2n) is 31.1. The lowest BCUT2D eigenvalue weighted by molar-refractivity contribution is -0.128. The second kappa shape index (κ2) is 37.5. The van der Waals surface area contributed by atoms with Crippen LogP contribution in [0.25, 0.3) is 66.9 Å². The number of likely N-dealkylation sites (tertiary alicyclic amines) is 3. The molecule has 3 amide bonds. The quantitative estimate of drug-likeness (QED) is 0.0351. The Balaban J connectivity index is 0.000000132. The van der Waals surface area contributed by atoms with E-state index in [1.54, 1.807) is 18.2 Å². The third-order valence-electron chi connectivity index (χ3n) is 23.2. The number of nitrogens with one attached hydrogen (secondary N) is 2. The third-order valence-corrected chi connectivity index (χ3v) is 23.2. The molecule has 27 nitrogen and oxygen atoms in total. The number of ether oxygens (including phenoxy) is 3. The zero-order chi connectivity index (χ0) is 80.7. The van der Waals surface area contributed by atoms with Gasteiger partial charge in [0, 0.05) is 112 Å². The van der Waals surface area contributed by atoms with Gasteiger partial charge in [0.15, 0.2) is 16.9 Å². The Labute approximate surface area is 686 Å². The minimum absolute atomic E-state index is 0.00422. The molecule has 0 spiro atoms. The molecule has 6 aliphatic rings. The molecule has 6 aromatic carbocycles. The van der Waals surface area contributed by atoms with Crippen molar-refractivity contribution in [1.29, 1.82) is 0 Å². The molecule has 118 heavy (non-hydrogen) atoms. The molecule has 9 heterocycles. The van der Waals surface area contributed by atoms with Crippen molar-refractivity contribution in [3.8, 4) is 68.3 Å². The first-order valence-corrected chi connectivity index (χ1v) is 41.4. The zero-order valence-corrected chi connectivity index (χ0v) is 66.6. The number of aromatic nitrogens is 12. The van der Waals surface area contributed by atoms with Crippen LogP contribution in [-0.2, 0) is 14.4 Å². The van der Waals surface area contributed by atoms with Gasteiger partial charge in [0.25, 0.3) is 0 Å². The zero-order valence-electron chi connectivity index (χ0n) is 66.6. The maximum Gasteiger partial charge on any atom is 0.246 e. The van der Waals surface area contributed by atoms with Gasteiger partial charge in [-0.25, -0.2) is 43.9 Å². The molecule has 27 heteroatoms. The van der Waals surface area contributed by atoms with Crippen LogP contribution in [0, 0.1) is 0 Å². The van der Waals surface area contributed by atoms with Gasteiger partial charge >= 0.3 is 0 Å². The van der Waals surface area contributed by atoms with Crippen molar-refractivity contribution in [1.82, 2.24) is 89.5 Å². The van der Waals surface area contributed by atoms with E-state index < -0.39 is 0 Å². The van der Waals surface area contributed by atoms with Gasteiger partial charge in [-0.3, -0.25) is 19.3 Å². The summed E-state index contributed by atoms with van der Waals surface area (Å²) < 4.78 is 23.6. The Morgan fingerprint density at radius 3 is 1.07 bits per heavy atom. The SMILES string of the molecule is CN(C/C=C/C(=O)N1CCC[C@@H](n2nc(-c3ccc(Oc4ccccc4)cc3)c3c(N)ncnc32)C1)C1CCCC1.Nc1ncnc2c1c(-c1ccc(Oc3ccccc3)cc1)nn2[C@@H]1CCCN(C(=O)/C=C/CNC2CCC2)C1.Nc1ncnc2c1c(-c1ccc(Oc3ccccc3)cc1)nn2[C@@H]1CCN(C(=O)/C=C/CNC2CCC2)C1. The molecule has 18 rings (SSSR count). The third kappa shape index (κ3) is 18.9. The second-order valence-corrected chi connectivity index (χ2v) is 31.1. The van der Waals surface area contributed by atoms with Crippen LogP contribution in [0.4, 0.5) is 17.5 Å². The van der Waals surface area contributed by atoms with Crippen molar-refractivity contribution in [2.24, 2.45) is 0 Å². The number of hydrogen-bond donors (Lipinski definition) is 5. The summed E-state index contributed by atoms with van der Waals surface area (Å²) in [4.78, 5) is 73.3. The monoisotopic (exact) mass is 1580 g/mol. The number of amides is 3. The van der Waals surface area contributed by atoms with E-state index in [-0.39, 0.29) is 35.8 Å². The van der Waals surface area contributed by atoms with Crippen LogP contribution in [0.15, 0.2) is 219 Å². The van der Waals surface area contributed by atoms with Crippen molar-refractivity contribution in [2.75, 3.05) is 83.2 Å². The highest BCUT2D eigenvalue weighted by Crippen LogP contribution is 2.40. The molecule has 12 aromatic rings. The summed E-state index contributed by atoms with van der Waals surface area (Å²) >= 11 is 0. The summed E-state index contributed by atoms with van der Waals surface area (Å²) in [7, 11) is 2.15. The van der Waals surface area contributed by atoms with E-state index in [0.717, 1.165) is 149 Å². The molecule has 3 atom stereocenters. The lowest BCUT2D eigenvalue weighted by atomic mass is 9.93. The van der Waals surface area contributed by atoms with Crippen LogP contribution >= 0.6 is 0 Å². The van der Waals surface area contributed by atoms with Crippen LogP contribution in [0.3, 0.4) is 0 Å². The maximum atomic E-state index is 13.1. The van der Waals surface area contributed by atoms with Crippen LogP contribution in [0.5, 0.6) is 34.5 Å². The Kier molecular flexibility index (Phi) is 25.1. The van der Waals surface area contributed by atoms with Gasteiger partial charge < -0.3 is 56.7 Å². The first-order chi connectivity index (χ1) is 57.9. The highest BCUT2D eigenvalue weighted by atomic mass is 16.5. The molecule has 0 radical (unpaired) electrons. The molecule has 6 aromatic heterocycles. The Bertz CT molecular complexity index is 5490. The van der Waals surface area contributed by atoms with Gasteiger partial charge in [0.1, 0.15) is 88.0 Å². The van der Waals surface area contributed by atoms with Crippen molar-refractivity contribution in [2.45, 2.75) is 133 Å². The minimum atomic E-state index is -0.00602. The normalized spacial score (nSPS) is 17.9. The summed E-state index contributed by atoms with van der Waals surface area (Å²) in [5, 5.41) is 24.0. The highest BCUT2D eigenvalue weighted by molar-refractivity contribution is 6.00. The average Bonchev–Trinajstić information content (AvgIpc) is 1.62. The fourth-order valence-electron chi connectivity index (χ4n) is 16.3. The number of piperidine rings is 2. The molecule has 0 unspecified atom stereocenters. The fourth-order valence-corrected chi connectivity index (χ4v) is 16.3. The number of nitrogens with two attached hydrogens (primary N) is 3. The van der Waals surface area contributed by atoms with Gasteiger partial charge in [-0.15, -0.1) is 0 Å². The van der Waals surface area contributed by atoms with Crippen LogP contribution in [0.2, 0.25) is 0 Å². The van der Waals surface area contributed by atoms with Crippen molar-refractivity contribution >= 4 is 68.3 Å². The largest absolute Gasteiger partial charge is 0.457 e. The predicted octanol–water partition coefficient (Wildman–Crippen LogP) is 14.5. The van der Waals surface area contributed by atoms with E-state index in [1.807, 2.05) is 211 Å². The molecule has 3 aliphatic heterocycles. The van der Waals surface area contributed by atoms with E-state index in [2.05, 4.69) is 52.5 Å². The van der Waals surface area contributed by atoms with Gasteiger partial charge in [0.05, 0.1) is 34.3 Å². The summed E-state index contributed by atoms with van der Waals surface area (Å²) in [6, 6.07) is 54.2. The number of para-hydroxylation sites is 3. The fraction of sp³-hybridized carbons (Fsp3) is 0.341. The van der Waals surface area contributed by atoms with Crippen LogP contribution in [0.1, 0.15) is 114 Å². The van der Waals surface area contributed by atoms with Gasteiger partial charge in [-0.2, -0.15) is 15.3 Å². The van der Waals surface area contributed by atoms with Crippen LogP contribution in [-0.4, -0.2) is 181 Å². The molecule has 3 saturated carbocycles. The first-order valence-electron chi connectivity index (χ1n) is 41.4. The molecule has 8 N–H and O–H groups in total. The van der Waals surface area contributed by atoms with E-state index in [4.69, 9.17) is 46.7 Å². The standard InChI is InChI=1S/C32H37N7O2.C30H33N7O2.C29H31N7O2/c1-37(24-9-5-6-10-24)19-8-14-28(40)38-20-7-11-25(21-38)39-32-29(31(33)34-22-35-32)30(36-39)23-15-17-27(18-16-23)41-26-12-3-2-4-13-26;31-29-27-28(21-13-15-25(16-14-21)39-24-10-2-1-3-11-24)35-37(30(27)34-20-33-29)23-9-6-18-36(19-23)26(38)12-5-17-32-22-7-4-8-22;30-28-26-27(20-11-13-24(14-12-20)38-23-8-2-1-3-9-23)34-36(29(26)33-19-32-28)22-15-17-35(18-22)25(37)10-5-16-31-21-6-4-7-21/h2-4,8,12-18,22,24-25H,5-7,9-11,19-21H2,1H3,(H2,33,34,35);1-3,5,10-16,20,22-23,32H,4,6-9,17-19H2,(H2,31,33,34);1-3,5,8-14,19,21-22,31H,4,6-7,15-18H2,(H2,30,32,33)/b14-8+;12-5+;10-5+/t25-;23-;22-/m111/s1. The van der Waals surface area contributed by atoms with Crippen molar-refractivity contribution in [3.63, 3.8) is 0 Å². The number of fused-ring (bicyclic) bond motifs is 3. The average molecular weight is 1580 g/mol. The molecule has 3 saturated heterocycles. The lowest BCUT2D eigenvalue weighted by Gasteiger charge is -2.32. The number of nitrogens with zero attached hydrogens (tertiary/aromatic N) is 16.